The molecule has 1 N–H and O–H groups in total. The van der Waals surface area contributed by atoms with E-state index in [4.69, 9.17) is 39.9 Å². The van der Waals surface area contributed by atoms with Gasteiger partial charge in [0.1, 0.15) is 0 Å². The Labute approximate surface area is 117 Å². The van der Waals surface area contributed by atoms with Crippen LogP contribution in [0.25, 0.3) is 0 Å². The van der Waals surface area contributed by atoms with Crippen LogP contribution in [0.4, 0.5) is 0 Å². The first-order valence-corrected chi connectivity index (χ1v) is 5.73. The number of alkyl halides is 2. The van der Waals surface area contributed by atoms with Crippen LogP contribution in [0.5, 0.6) is 0 Å². The van der Waals surface area contributed by atoms with Gasteiger partial charge in [0.25, 0.3) is 0 Å². The SMILES string of the molecule is O=C(O)C(=NOC(=O)C(Cl)Cl)c1ccc(Cl)cc1. The molecular weight excluding hydrogens is 304 g/mol. The van der Waals surface area contributed by atoms with Gasteiger partial charge in [-0.3, -0.25) is 0 Å². The summed E-state index contributed by atoms with van der Waals surface area (Å²) in [7, 11) is 0. The van der Waals surface area contributed by atoms with E-state index in [1.807, 2.05) is 0 Å². The zero-order chi connectivity index (χ0) is 13.7. The van der Waals surface area contributed by atoms with Gasteiger partial charge in [0.2, 0.25) is 4.84 Å². The molecule has 0 unspecified atom stereocenters. The fourth-order valence-corrected chi connectivity index (χ4v) is 1.16. The number of rotatable bonds is 4. The predicted octanol–water partition coefficient (Wildman–Crippen LogP) is 2.48. The maximum atomic E-state index is 10.9. The number of carboxylic acid groups (broad SMARTS) is 1. The number of nitrogens with zero attached hydrogens (tertiary/aromatic N) is 1. The van der Waals surface area contributed by atoms with Crippen molar-refractivity contribution in [2.24, 2.45) is 5.16 Å². The maximum Gasteiger partial charge on any atom is 0.367 e. The van der Waals surface area contributed by atoms with Crippen LogP contribution >= 0.6 is 34.8 Å². The van der Waals surface area contributed by atoms with Crippen LogP contribution in [0.1, 0.15) is 5.56 Å². The summed E-state index contributed by atoms with van der Waals surface area (Å²) in [5.41, 5.74) is -0.241. The summed E-state index contributed by atoms with van der Waals surface area (Å²) in [5, 5.41) is 12.6. The Morgan fingerprint density at radius 1 is 1.22 bits per heavy atom. The quantitative estimate of drug-likeness (QED) is 0.401. The van der Waals surface area contributed by atoms with E-state index >= 15 is 0 Å². The highest BCUT2D eigenvalue weighted by Crippen LogP contribution is 2.11. The molecule has 0 aliphatic carbocycles. The lowest BCUT2D eigenvalue weighted by atomic mass is 10.1. The van der Waals surface area contributed by atoms with Gasteiger partial charge in [0.05, 0.1) is 0 Å². The second-order valence-corrected chi connectivity index (χ2v) is 4.50. The van der Waals surface area contributed by atoms with Crippen molar-refractivity contribution in [2.45, 2.75) is 4.84 Å². The van der Waals surface area contributed by atoms with Crippen molar-refractivity contribution < 1.29 is 19.5 Å². The standard InChI is InChI=1S/C10H6Cl3NO4/c11-6-3-1-5(2-4-6)7(9(15)16)14-18-10(17)8(12)13/h1-4,8H,(H,15,16). The molecule has 0 spiro atoms. The molecule has 0 saturated heterocycles. The molecule has 18 heavy (non-hydrogen) atoms. The Balaban J connectivity index is 2.96. The second kappa shape index (κ2) is 6.58. The molecule has 1 aromatic rings. The molecule has 8 heteroatoms. The number of carboxylic acids is 1. The van der Waals surface area contributed by atoms with Gasteiger partial charge in [0, 0.05) is 10.6 Å². The lowest BCUT2D eigenvalue weighted by Gasteiger charge is -2.02. The molecule has 0 aliphatic rings. The Bertz CT molecular complexity index is 484. The molecule has 0 saturated carbocycles. The maximum absolute atomic E-state index is 10.9. The first-order chi connectivity index (χ1) is 8.41. The Kier molecular flexibility index (Phi) is 5.40. The number of hydrogen-bond donors (Lipinski definition) is 1. The number of carbonyl (C=O) groups is 2. The first kappa shape index (κ1) is 14.8. The smallest absolute Gasteiger partial charge is 0.367 e. The fourth-order valence-electron chi connectivity index (χ4n) is 0.953. The monoisotopic (exact) mass is 309 g/mol. The molecule has 0 heterocycles. The second-order valence-electron chi connectivity index (χ2n) is 2.96. The normalized spacial score (nSPS) is 11.4. The lowest BCUT2D eigenvalue weighted by molar-refractivity contribution is -0.141. The van der Waals surface area contributed by atoms with Gasteiger partial charge in [0.15, 0.2) is 5.71 Å². The Hall–Kier alpha value is -1.30. The van der Waals surface area contributed by atoms with E-state index in [9.17, 15) is 9.59 Å². The average Bonchev–Trinajstić information content (AvgIpc) is 2.30. The van der Waals surface area contributed by atoms with Crippen LogP contribution in [-0.4, -0.2) is 27.6 Å². The largest absolute Gasteiger partial charge is 0.476 e. The highest BCUT2D eigenvalue weighted by Gasteiger charge is 2.17. The number of aliphatic carboxylic acids is 1. The van der Waals surface area contributed by atoms with E-state index in [0.717, 1.165) is 0 Å². The van der Waals surface area contributed by atoms with Crippen molar-refractivity contribution >= 4 is 52.5 Å². The van der Waals surface area contributed by atoms with E-state index in [1.165, 1.54) is 24.3 Å². The minimum absolute atomic E-state index is 0.223. The van der Waals surface area contributed by atoms with Crippen molar-refractivity contribution in [1.82, 2.24) is 0 Å². The van der Waals surface area contributed by atoms with E-state index < -0.39 is 22.5 Å². The third kappa shape index (κ3) is 4.18. The molecule has 96 valence electrons. The van der Waals surface area contributed by atoms with Gasteiger partial charge in [-0.05, 0) is 12.1 Å². The van der Waals surface area contributed by atoms with Crippen LogP contribution < -0.4 is 0 Å². The van der Waals surface area contributed by atoms with Crippen molar-refractivity contribution in [3.63, 3.8) is 0 Å². The van der Waals surface area contributed by atoms with Crippen LogP contribution in [0, 0.1) is 0 Å². The molecule has 1 rings (SSSR count). The van der Waals surface area contributed by atoms with Gasteiger partial charge >= 0.3 is 11.9 Å². The molecule has 0 aromatic heterocycles. The lowest BCUT2D eigenvalue weighted by Crippen LogP contribution is -2.17. The van der Waals surface area contributed by atoms with Crippen LogP contribution in [0.15, 0.2) is 29.4 Å². The van der Waals surface area contributed by atoms with Gasteiger partial charge in [-0.25, -0.2) is 9.59 Å². The first-order valence-electron chi connectivity index (χ1n) is 4.48. The van der Waals surface area contributed by atoms with E-state index in [-0.39, 0.29) is 5.56 Å². The van der Waals surface area contributed by atoms with E-state index in [0.29, 0.717) is 5.02 Å². The van der Waals surface area contributed by atoms with Crippen molar-refractivity contribution in [2.75, 3.05) is 0 Å². The third-order valence-electron chi connectivity index (χ3n) is 1.73. The summed E-state index contributed by atoms with van der Waals surface area (Å²) in [6.07, 6.45) is 0. The van der Waals surface area contributed by atoms with E-state index in [2.05, 4.69) is 9.99 Å². The summed E-state index contributed by atoms with van der Waals surface area (Å²) < 4.78 is 0. The summed E-state index contributed by atoms with van der Waals surface area (Å²) in [6, 6.07) is 5.79. The summed E-state index contributed by atoms with van der Waals surface area (Å²) in [5.74, 6) is -2.43. The zero-order valence-electron chi connectivity index (χ0n) is 8.64. The highest BCUT2D eigenvalue weighted by molar-refractivity contribution is 6.53. The van der Waals surface area contributed by atoms with Crippen molar-refractivity contribution in [3.05, 3.63) is 34.9 Å². The predicted molar refractivity (Wildman–Crippen MR) is 67.2 cm³/mol. The van der Waals surface area contributed by atoms with Gasteiger partial charge in [-0.1, -0.05) is 52.1 Å². The molecule has 0 amide bonds. The number of benzene rings is 1. The molecule has 0 atom stereocenters. The highest BCUT2D eigenvalue weighted by atomic mass is 35.5. The van der Waals surface area contributed by atoms with Crippen LogP contribution in [0.2, 0.25) is 5.02 Å². The molecule has 0 fully saturated rings. The van der Waals surface area contributed by atoms with E-state index in [1.54, 1.807) is 0 Å². The number of halogens is 3. The number of hydrogen-bond acceptors (Lipinski definition) is 4. The Morgan fingerprint density at radius 2 is 1.78 bits per heavy atom. The molecule has 5 nitrogen and oxygen atoms in total. The molecule has 0 radical (unpaired) electrons. The van der Waals surface area contributed by atoms with Gasteiger partial charge < -0.3 is 9.94 Å². The third-order valence-corrected chi connectivity index (χ3v) is 2.33. The molecule has 1 aromatic carbocycles. The minimum atomic E-state index is -1.44. The summed E-state index contributed by atoms with van der Waals surface area (Å²) in [6.45, 7) is 0. The fraction of sp³-hybridized carbons (Fsp3) is 0.100. The average molecular weight is 311 g/mol. The summed E-state index contributed by atoms with van der Waals surface area (Å²) >= 11 is 16.1. The molecular formula is C10H6Cl3NO4. The molecule has 0 bridgehead atoms. The van der Waals surface area contributed by atoms with Crippen LogP contribution in [-0.2, 0) is 14.4 Å². The minimum Gasteiger partial charge on any atom is -0.476 e. The number of oxime groups is 1. The van der Waals surface area contributed by atoms with Crippen LogP contribution in [0.3, 0.4) is 0 Å². The van der Waals surface area contributed by atoms with Gasteiger partial charge in [-0.2, -0.15) is 0 Å². The van der Waals surface area contributed by atoms with Crippen molar-refractivity contribution in [1.29, 1.82) is 0 Å². The number of carbonyl (C=O) groups excluding carboxylic acids is 1. The topological polar surface area (TPSA) is 76.0 Å². The van der Waals surface area contributed by atoms with Gasteiger partial charge in [-0.15, -0.1) is 0 Å². The Morgan fingerprint density at radius 3 is 2.22 bits per heavy atom. The molecule has 0 aliphatic heterocycles. The summed E-state index contributed by atoms with van der Waals surface area (Å²) in [4.78, 5) is 24.7. The van der Waals surface area contributed by atoms with Crippen molar-refractivity contribution in [3.8, 4) is 0 Å². The zero-order valence-corrected chi connectivity index (χ0v) is 10.9.